The second-order valence-corrected chi connectivity index (χ2v) is 4.05. The van der Waals surface area contributed by atoms with Gasteiger partial charge in [0, 0.05) is 6.08 Å². The van der Waals surface area contributed by atoms with E-state index in [0.29, 0.717) is 5.56 Å². The lowest BCUT2D eigenvalue weighted by Gasteiger charge is -2.10. The molecule has 0 bridgehead atoms. The van der Waals surface area contributed by atoms with Gasteiger partial charge in [-0.1, -0.05) is 12.6 Å². The lowest BCUT2D eigenvalue weighted by atomic mass is 10.2. The molecule has 0 aromatic heterocycles. The van der Waals surface area contributed by atoms with Crippen LogP contribution in [0.2, 0.25) is 0 Å². The molecule has 6 heteroatoms. The van der Waals surface area contributed by atoms with Crippen molar-refractivity contribution in [3.8, 4) is 11.5 Å². The molecule has 1 rings (SSSR count). The Hall–Kier alpha value is -2.31. The van der Waals surface area contributed by atoms with E-state index in [-0.39, 0.29) is 23.7 Å². The van der Waals surface area contributed by atoms with E-state index in [1.54, 1.807) is 0 Å². The van der Waals surface area contributed by atoms with Crippen LogP contribution in [0.5, 0.6) is 11.5 Å². The quantitative estimate of drug-likeness (QED) is 0.262. The second-order valence-electron chi connectivity index (χ2n) is 4.05. The van der Waals surface area contributed by atoms with Crippen molar-refractivity contribution in [2.45, 2.75) is 6.10 Å². The van der Waals surface area contributed by atoms with Crippen LogP contribution in [0.1, 0.15) is 5.56 Å². The van der Waals surface area contributed by atoms with Gasteiger partial charge in [0.2, 0.25) is 0 Å². The van der Waals surface area contributed by atoms with Crippen molar-refractivity contribution in [3.05, 3.63) is 42.0 Å². The molecule has 0 saturated heterocycles. The molecular weight excluding hydrogens is 264 g/mol. The van der Waals surface area contributed by atoms with E-state index in [4.69, 9.17) is 14.9 Å². The summed E-state index contributed by atoms with van der Waals surface area (Å²) in [7, 11) is 0. The second kappa shape index (κ2) is 7.32. The van der Waals surface area contributed by atoms with Crippen LogP contribution in [-0.4, -0.2) is 45.7 Å². The number of hydrogen-bond donors (Lipinski definition) is 4. The molecule has 0 amide bonds. The molecule has 0 aliphatic rings. The average molecular weight is 280 g/mol. The number of benzene rings is 1. The van der Waals surface area contributed by atoms with Crippen LogP contribution in [0.3, 0.4) is 0 Å². The first-order valence-electron chi connectivity index (χ1n) is 5.77. The lowest BCUT2D eigenvalue weighted by molar-refractivity contribution is -0.137. The zero-order chi connectivity index (χ0) is 15.1. The van der Waals surface area contributed by atoms with Crippen molar-refractivity contribution in [1.29, 1.82) is 0 Å². The van der Waals surface area contributed by atoms with E-state index in [9.17, 15) is 15.0 Å². The smallest absolute Gasteiger partial charge is 0.331 e. The number of carbonyl (C=O) groups excluding carboxylic acids is 1. The Bertz CT molecular complexity index is 520. The van der Waals surface area contributed by atoms with Crippen molar-refractivity contribution in [2.24, 2.45) is 0 Å². The summed E-state index contributed by atoms with van der Waals surface area (Å²) >= 11 is 0. The highest BCUT2D eigenvalue weighted by Crippen LogP contribution is 2.25. The van der Waals surface area contributed by atoms with E-state index in [0.717, 1.165) is 6.08 Å². The summed E-state index contributed by atoms with van der Waals surface area (Å²) in [6.07, 6.45) is 1.40. The summed E-state index contributed by atoms with van der Waals surface area (Å²) in [5.41, 5.74) is 0.697. The maximum atomic E-state index is 11.4. The van der Waals surface area contributed by atoms with Crippen LogP contribution in [0.4, 0.5) is 0 Å². The van der Waals surface area contributed by atoms with Crippen LogP contribution < -0.4 is 0 Å². The zero-order valence-corrected chi connectivity index (χ0v) is 10.7. The highest BCUT2D eigenvalue weighted by Gasteiger charge is 2.08. The summed E-state index contributed by atoms with van der Waals surface area (Å²) in [6, 6.07) is 4.08. The number of phenols is 2. The monoisotopic (exact) mass is 280 g/mol. The number of rotatable bonds is 6. The molecular formula is C14H16O6. The lowest BCUT2D eigenvalue weighted by Crippen LogP contribution is -2.19. The molecule has 0 aliphatic heterocycles. The Morgan fingerprint density at radius 3 is 2.65 bits per heavy atom. The van der Waals surface area contributed by atoms with Gasteiger partial charge < -0.3 is 25.2 Å². The van der Waals surface area contributed by atoms with Gasteiger partial charge in [0.05, 0.1) is 6.61 Å². The van der Waals surface area contributed by atoms with Crippen LogP contribution in [-0.2, 0) is 9.53 Å². The van der Waals surface area contributed by atoms with Crippen LogP contribution >= 0.6 is 0 Å². The van der Waals surface area contributed by atoms with Gasteiger partial charge >= 0.3 is 5.97 Å². The van der Waals surface area contributed by atoms with Crippen LogP contribution in [0, 0.1) is 0 Å². The van der Waals surface area contributed by atoms with Crippen molar-refractivity contribution in [1.82, 2.24) is 0 Å². The molecule has 20 heavy (non-hydrogen) atoms. The fourth-order valence-corrected chi connectivity index (χ4v) is 1.25. The number of aliphatic hydroxyl groups excluding tert-OH is 2. The highest BCUT2D eigenvalue weighted by molar-refractivity contribution is 5.87. The summed E-state index contributed by atoms with van der Waals surface area (Å²) in [4.78, 5) is 11.4. The summed E-state index contributed by atoms with van der Waals surface area (Å²) in [6.45, 7) is 2.78. The highest BCUT2D eigenvalue weighted by atomic mass is 16.5. The van der Waals surface area contributed by atoms with Gasteiger partial charge in [0.25, 0.3) is 0 Å². The Kier molecular flexibility index (Phi) is 5.76. The van der Waals surface area contributed by atoms with Crippen molar-refractivity contribution in [2.75, 3.05) is 13.2 Å². The Morgan fingerprint density at radius 2 is 2.05 bits per heavy atom. The van der Waals surface area contributed by atoms with Crippen molar-refractivity contribution in [3.63, 3.8) is 0 Å². The van der Waals surface area contributed by atoms with Gasteiger partial charge in [-0.2, -0.15) is 0 Å². The molecule has 1 atom stereocenters. The number of esters is 1. The van der Waals surface area contributed by atoms with E-state index in [1.165, 1.54) is 24.3 Å². The SMILES string of the molecule is C=C(COC(=O)/C=C/c1ccc(O)c(O)c1)[C@H](O)CO. The van der Waals surface area contributed by atoms with E-state index in [2.05, 4.69) is 6.58 Å². The number of phenolic OH excluding ortho intramolecular Hbond substituents is 2. The third-order valence-corrected chi connectivity index (χ3v) is 2.46. The maximum Gasteiger partial charge on any atom is 0.331 e. The minimum absolute atomic E-state index is 0.191. The topological polar surface area (TPSA) is 107 Å². The molecule has 1 aromatic carbocycles. The minimum atomic E-state index is -1.12. The molecule has 108 valence electrons. The zero-order valence-electron chi connectivity index (χ0n) is 10.7. The molecule has 0 spiro atoms. The molecule has 0 fully saturated rings. The molecule has 0 radical (unpaired) electrons. The van der Waals surface area contributed by atoms with Gasteiger partial charge in [-0.25, -0.2) is 4.79 Å². The normalized spacial score (nSPS) is 12.3. The predicted molar refractivity (Wildman–Crippen MR) is 72.0 cm³/mol. The first-order valence-corrected chi connectivity index (χ1v) is 5.77. The fourth-order valence-electron chi connectivity index (χ4n) is 1.25. The summed E-state index contributed by atoms with van der Waals surface area (Å²) < 4.78 is 4.79. The molecule has 0 unspecified atom stereocenters. The third-order valence-electron chi connectivity index (χ3n) is 2.46. The molecule has 6 nitrogen and oxygen atoms in total. The Balaban J connectivity index is 2.51. The predicted octanol–water partition coefficient (Wildman–Crippen LogP) is 0.564. The first-order chi connectivity index (χ1) is 9.43. The molecule has 1 aromatic rings. The van der Waals surface area contributed by atoms with E-state index < -0.39 is 18.7 Å². The van der Waals surface area contributed by atoms with Gasteiger partial charge in [-0.3, -0.25) is 0 Å². The van der Waals surface area contributed by atoms with E-state index >= 15 is 0 Å². The third kappa shape index (κ3) is 4.75. The van der Waals surface area contributed by atoms with Gasteiger partial charge in [-0.05, 0) is 29.3 Å². The number of carbonyl (C=O) groups is 1. The van der Waals surface area contributed by atoms with Gasteiger partial charge in [0.15, 0.2) is 11.5 Å². The molecule has 0 heterocycles. The number of ether oxygens (including phenoxy) is 1. The summed E-state index contributed by atoms with van der Waals surface area (Å²) in [5.74, 6) is -1.21. The average Bonchev–Trinajstić information content (AvgIpc) is 2.45. The minimum Gasteiger partial charge on any atom is -0.504 e. The molecule has 0 aliphatic carbocycles. The molecule has 0 saturated carbocycles. The van der Waals surface area contributed by atoms with Gasteiger partial charge in [-0.15, -0.1) is 0 Å². The van der Waals surface area contributed by atoms with E-state index in [1.807, 2.05) is 0 Å². The fraction of sp³-hybridized carbons (Fsp3) is 0.214. The van der Waals surface area contributed by atoms with Crippen molar-refractivity contribution >= 4 is 12.0 Å². The Labute approximate surface area is 115 Å². The Morgan fingerprint density at radius 1 is 1.35 bits per heavy atom. The number of hydrogen-bond acceptors (Lipinski definition) is 6. The molecule has 4 N–H and O–H groups in total. The number of aromatic hydroxyl groups is 2. The van der Waals surface area contributed by atoms with Crippen LogP contribution in [0.25, 0.3) is 6.08 Å². The van der Waals surface area contributed by atoms with Gasteiger partial charge in [0.1, 0.15) is 12.7 Å². The number of aliphatic hydroxyl groups is 2. The van der Waals surface area contributed by atoms with Crippen molar-refractivity contribution < 1.29 is 30.0 Å². The summed E-state index contributed by atoms with van der Waals surface area (Å²) in [5, 5.41) is 36.2. The largest absolute Gasteiger partial charge is 0.504 e. The maximum absolute atomic E-state index is 11.4. The first kappa shape index (κ1) is 15.7. The van der Waals surface area contributed by atoms with Crippen LogP contribution in [0.15, 0.2) is 36.4 Å². The standard InChI is InChI=1S/C14H16O6/c1-9(13(18)7-15)8-20-14(19)5-3-10-2-4-11(16)12(17)6-10/h2-6,13,15-18H,1,7-8H2/b5-3+/t13-/m1/s1.